The number of nitriles is 1. The summed E-state index contributed by atoms with van der Waals surface area (Å²) in [6.45, 7) is 0. The van der Waals surface area contributed by atoms with Crippen LogP contribution in [0, 0.1) is 11.3 Å². The van der Waals surface area contributed by atoms with Crippen LogP contribution in [0.2, 0.25) is 0 Å². The molecule has 0 aromatic rings. The molecule has 1 aliphatic carbocycles. The van der Waals surface area contributed by atoms with Gasteiger partial charge in [0.2, 0.25) is 0 Å². The van der Waals surface area contributed by atoms with Gasteiger partial charge in [0.25, 0.3) is 0 Å². The van der Waals surface area contributed by atoms with E-state index in [0.29, 0.717) is 11.9 Å². The van der Waals surface area contributed by atoms with Crippen LogP contribution in [0.15, 0.2) is 11.1 Å². The highest BCUT2D eigenvalue weighted by Gasteiger charge is 2.09. The summed E-state index contributed by atoms with van der Waals surface area (Å²) in [5, 5.41) is 8.54. The van der Waals surface area contributed by atoms with Crippen LogP contribution in [0.4, 0.5) is 0 Å². The van der Waals surface area contributed by atoms with Crippen LogP contribution >= 0.6 is 0 Å². The van der Waals surface area contributed by atoms with Gasteiger partial charge in [-0.25, -0.2) is 0 Å². The van der Waals surface area contributed by atoms with Crippen LogP contribution in [-0.4, -0.2) is 6.29 Å². The predicted molar refractivity (Wildman–Crippen MR) is 41.8 cm³/mol. The summed E-state index contributed by atoms with van der Waals surface area (Å²) < 4.78 is 0. The summed E-state index contributed by atoms with van der Waals surface area (Å²) in [6.07, 6.45) is 6.08. The summed E-state index contributed by atoms with van der Waals surface area (Å²) in [5.41, 5.74) is 1.43. The van der Waals surface area contributed by atoms with E-state index in [9.17, 15) is 4.79 Å². The van der Waals surface area contributed by atoms with E-state index in [1.165, 1.54) is 6.42 Å². The Balaban J connectivity index is 2.75. The Bertz CT molecular complexity index is 214. The normalized spacial score (nSPS) is 17.2. The number of hydrogen-bond acceptors (Lipinski definition) is 2. The van der Waals surface area contributed by atoms with Crippen LogP contribution in [0.3, 0.4) is 0 Å². The molecule has 1 saturated carbocycles. The molecule has 0 amide bonds. The Morgan fingerprint density at radius 2 is 2.00 bits per heavy atom. The van der Waals surface area contributed by atoms with Gasteiger partial charge in [0.15, 0.2) is 6.29 Å². The number of rotatable bonds is 1. The topological polar surface area (TPSA) is 40.9 Å². The molecule has 0 N–H and O–H groups in total. The maximum atomic E-state index is 10.4. The molecule has 1 aliphatic rings. The van der Waals surface area contributed by atoms with Crippen LogP contribution in [-0.2, 0) is 4.79 Å². The van der Waals surface area contributed by atoms with Gasteiger partial charge in [0, 0.05) is 0 Å². The molecule has 0 bridgehead atoms. The zero-order valence-corrected chi connectivity index (χ0v) is 6.47. The van der Waals surface area contributed by atoms with E-state index in [0.717, 1.165) is 31.3 Å². The van der Waals surface area contributed by atoms with Gasteiger partial charge in [-0.05, 0) is 31.3 Å². The fourth-order valence-electron chi connectivity index (χ4n) is 1.44. The van der Waals surface area contributed by atoms with Gasteiger partial charge in [0.05, 0.1) is 5.57 Å². The minimum atomic E-state index is 0.365. The van der Waals surface area contributed by atoms with E-state index in [1.807, 2.05) is 6.07 Å². The number of aldehydes is 1. The number of allylic oxidation sites excluding steroid dienone is 2. The molecule has 0 radical (unpaired) electrons. The van der Waals surface area contributed by atoms with Gasteiger partial charge in [-0.1, -0.05) is 6.42 Å². The van der Waals surface area contributed by atoms with Crippen molar-refractivity contribution >= 4 is 6.29 Å². The first-order valence-corrected chi connectivity index (χ1v) is 3.96. The minimum absolute atomic E-state index is 0.365. The van der Waals surface area contributed by atoms with Gasteiger partial charge in [-0.15, -0.1) is 0 Å². The number of hydrogen-bond donors (Lipinski definition) is 0. The lowest BCUT2D eigenvalue weighted by Gasteiger charge is -2.12. The van der Waals surface area contributed by atoms with Crippen molar-refractivity contribution in [1.29, 1.82) is 5.26 Å². The monoisotopic (exact) mass is 149 g/mol. The number of nitrogens with zero attached hydrogens (tertiary/aromatic N) is 1. The molecule has 0 unspecified atom stereocenters. The molecular weight excluding hydrogens is 138 g/mol. The first-order valence-electron chi connectivity index (χ1n) is 3.96. The Labute approximate surface area is 66.5 Å². The average Bonchev–Trinajstić information content (AvgIpc) is 2.09. The van der Waals surface area contributed by atoms with Gasteiger partial charge in [0.1, 0.15) is 6.07 Å². The standard InChI is InChI=1S/C9H11NO/c10-6-9(7-11)8-4-2-1-3-5-8/h7H,1-5H2. The third kappa shape index (κ3) is 1.91. The van der Waals surface area contributed by atoms with Crippen molar-refractivity contribution in [1.82, 2.24) is 0 Å². The van der Waals surface area contributed by atoms with Crippen molar-refractivity contribution in [3.8, 4) is 6.07 Å². The molecule has 0 aromatic heterocycles. The molecule has 1 rings (SSSR count). The third-order valence-electron chi connectivity index (χ3n) is 2.08. The number of carbonyl (C=O) groups is 1. The van der Waals surface area contributed by atoms with Crippen LogP contribution in [0.25, 0.3) is 0 Å². The van der Waals surface area contributed by atoms with E-state index in [-0.39, 0.29) is 0 Å². The van der Waals surface area contributed by atoms with E-state index < -0.39 is 0 Å². The highest BCUT2D eigenvalue weighted by molar-refractivity contribution is 5.80. The zero-order valence-electron chi connectivity index (χ0n) is 6.47. The van der Waals surface area contributed by atoms with Crippen molar-refractivity contribution < 1.29 is 4.79 Å². The highest BCUT2D eigenvalue weighted by atomic mass is 16.1. The van der Waals surface area contributed by atoms with Crippen LogP contribution in [0.5, 0.6) is 0 Å². The minimum Gasteiger partial charge on any atom is -0.297 e. The zero-order chi connectivity index (χ0) is 8.10. The highest BCUT2D eigenvalue weighted by Crippen LogP contribution is 2.24. The summed E-state index contributed by atoms with van der Waals surface area (Å²) in [5.74, 6) is 0. The average molecular weight is 149 g/mol. The Hall–Kier alpha value is -1.10. The molecule has 1 fully saturated rings. The quantitative estimate of drug-likeness (QED) is 0.325. The van der Waals surface area contributed by atoms with Crippen molar-refractivity contribution in [3.05, 3.63) is 11.1 Å². The molecule has 0 heterocycles. The van der Waals surface area contributed by atoms with Crippen LogP contribution in [0.1, 0.15) is 32.1 Å². The SMILES string of the molecule is N#CC(C=O)=C1CCCCC1. The molecular formula is C9H11NO. The van der Waals surface area contributed by atoms with E-state index >= 15 is 0 Å². The second kappa shape index (κ2) is 3.92. The predicted octanol–water partition coefficient (Wildman–Crippen LogP) is 1.97. The second-order valence-electron chi connectivity index (χ2n) is 2.81. The van der Waals surface area contributed by atoms with Crippen molar-refractivity contribution in [2.75, 3.05) is 0 Å². The lowest BCUT2D eigenvalue weighted by molar-refractivity contribution is -0.104. The molecule has 58 valence electrons. The smallest absolute Gasteiger partial charge is 0.160 e. The Morgan fingerprint density at radius 1 is 1.36 bits per heavy atom. The largest absolute Gasteiger partial charge is 0.297 e. The van der Waals surface area contributed by atoms with E-state index in [4.69, 9.17) is 5.26 Å². The van der Waals surface area contributed by atoms with Gasteiger partial charge < -0.3 is 0 Å². The third-order valence-corrected chi connectivity index (χ3v) is 2.08. The number of carbonyl (C=O) groups excluding carboxylic acids is 1. The molecule has 0 saturated heterocycles. The van der Waals surface area contributed by atoms with Crippen LogP contribution < -0.4 is 0 Å². The maximum Gasteiger partial charge on any atom is 0.160 e. The summed E-state index contributed by atoms with van der Waals surface area (Å²) in [7, 11) is 0. The van der Waals surface area contributed by atoms with Crippen molar-refractivity contribution in [2.24, 2.45) is 0 Å². The molecule has 0 aliphatic heterocycles. The molecule has 0 spiro atoms. The lowest BCUT2D eigenvalue weighted by Crippen LogP contribution is -1.98. The van der Waals surface area contributed by atoms with Gasteiger partial charge in [-0.2, -0.15) is 5.26 Å². The van der Waals surface area contributed by atoms with E-state index in [1.54, 1.807) is 0 Å². The van der Waals surface area contributed by atoms with Gasteiger partial charge in [-0.3, -0.25) is 4.79 Å². The lowest BCUT2D eigenvalue weighted by atomic mass is 9.92. The van der Waals surface area contributed by atoms with Gasteiger partial charge >= 0.3 is 0 Å². The molecule has 0 aromatic carbocycles. The van der Waals surface area contributed by atoms with E-state index in [2.05, 4.69) is 0 Å². The fraction of sp³-hybridized carbons (Fsp3) is 0.556. The molecule has 2 heteroatoms. The van der Waals surface area contributed by atoms with Crippen molar-refractivity contribution in [2.45, 2.75) is 32.1 Å². The summed E-state index contributed by atoms with van der Waals surface area (Å²) in [6, 6.07) is 1.93. The molecule has 11 heavy (non-hydrogen) atoms. The second-order valence-corrected chi connectivity index (χ2v) is 2.81. The summed E-state index contributed by atoms with van der Waals surface area (Å²) in [4.78, 5) is 10.4. The first-order chi connectivity index (χ1) is 5.38. The summed E-state index contributed by atoms with van der Waals surface area (Å²) >= 11 is 0. The Kier molecular flexibility index (Phi) is 2.85. The molecule has 0 atom stereocenters. The molecule has 2 nitrogen and oxygen atoms in total. The van der Waals surface area contributed by atoms with Crippen molar-refractivity contribution in [3.63, 3.8) is 0 Å². The maximum absolute atomic E-state index is 10.4. The first kappa shape index (κ1) is 8.00. The fourth-order valence-corrected chi connectivity index (χ4v) is 1.44. The Morgan fingerprint density at radius 3 is 2.45 bits per heavy atom.